The summed E-state index contributed by atoms with van der Waals surface area (Å²) in [6.45, 7) is 5.44. The smallest absolute Gasteiger partial charge is 0.251 e. The molecule has 0 aromatic heterocycles. The Hall–Kier alpha value is -1.97. The van der Waals surface area contributed by atoms with Gasteiger partial charge in [0.15, 0.2) is 0 Å². The molecule has 1 aromatic carbocycles. The first kappa shape index (κ1) is 12.1. The van der Waals surface area contributed by atoms with Gasteiger partial charge in [0.2, 0.25) is 0 Å². The van der Waals surface area contributed by atoms with Crippen LogP contribution >= 0.6 is 0 Å². The number of methoxy groups -OCH3 is 1. The highest BCUT2D eigenvalue weighted by atomic mass is 16.5. The number of hydrogen-bond donors (Lipinski definition) is 2. The van der Waals surface area contributed by atoms with E-state index in [9.17, 15) is 4.79 Å². The SMILES string of the molecule is C=CC(C)NC(=O)c1cc(N)cc(OC)c1. The van der Waals surface area contributed by atoms with Crippen molar-refractivity contribution in [2.75, 3.05) is 12.8 Å². The van der Waals surface area contributed by atoms with Gasteiger partial charge in [-0.05, 0) is 19.1 Å². The molecule has 0 bridgehead atoms. The van der Waals surface area contributed by atoms with Crippen molar-refractivity contribution in [2.45, 2.75) is 13.0 Å². The number of hydrogen-bond acceptors (Lipinski definition) is 3. The van der Waals surface area contributed by atoms with Crippen molar-refractivity contribution < 1.29 is 9.53 Å². The summed E-state index contributed by atoms with van der Waals surface area (Å²) in [6, 6.07) is 4.82. The summed E-state index contributed by atoms with van der Waals surface area (Å²) < 4.78 is 5.04. The van der Waals surface area contributed by atoms with Crippen LogP contribution in [0.25, 0.3) is 0 Å². The number of amides is 1. The summed E-state index contributed by atoms with van der Waals surface area (Å²) in [6.07, 6.45) is 1.65. The Morgan fingerprint density at radius 1 is 1.56 bits per heavy atom. The van der Waals surface area contributed by atoms with Crippen LogP contribution in [-0.4, -0.2) is 19.1 Å². The van der Waals surface area contributed by atoms with E-state index in [4.69, 9.17) is 10.5 Å². The maximum absolute atomic E-state index is 11.8. The Balaban J connectivity index is 2.90. The first-order valence-corrected chi connectivity index (χ1v) is 4.94. The molecule has 1 atom stereocenters. The Bertz CT molecular complexity index is 402. The molecule has 16 heavy (non-hydrogen) atoms. The number of anilines is 1. The molecule has 1 amide bonds. The molecule has 0 aliphatic carbocycles. The summed E-state index contributed by atoms with van der Waals surface area (Å²) >= 11 is 0. The van der Waals surface area contributed by atoms with Crippen LogP contribution in [0.2, 0.25) is 0 Å². The summed E-state index contributed by atoms with van der Waals surface area (Å²) in [5.74, 6) is 0.370. The van der Waals surface area contributed by atoms with Gasteiger partial charge in [-0.1, -0.05) is 6.08 Å². The van der Waals surface area contributed by atoms with Crippen LogP contribution in [0.3, 0.4) is 0 Å². The second-order valence-electron chi connectivity index (χ2n) is 3.49. The molecule has 0 aliphatic rings. The molecule has 0 saturated carbocycles. The third-order valence-corrected chi connectivity index (χ3v) is 2.14. The average molecular weight is 220 g/mol. The highest BCUT2D eigenvalue weighted by Gasteiger charge is 2.09. The fourth-order valence-electron chi connectivity index (χ4n) is 1.22. The molecule has 0 spiro atoms. The lowest BCUT2D eigenvalue weighted by Gasteiger charge is -2.10. The average Bonchev–Trinajstić information content (AvgIpc) is 2.27. The molecule has 86 valence electrons. The number of benzene rings is 1. The minimum Gasteiger partial charge on any atom is -0.497 e. The van der Waals surface area contributed by atoms with Gasteiger partial charge in [0.1, 0.15) is 5.75 Å². The topological polar surface area (TPSA) is 64.4 Å². The van der Waals surface area contributed by atoms with E-state index in [2.05, 4.69) is 11.9 Å². The van der Waals surface area contributed by atoms with Gasteiger partial charge in [-0.3, -0.25) is 4.79 Å². The van der Waals surface area contributed by atoms with E-state index in [0.29, 0.717) is 17.0 Å². The van der Waals surface area contributed by atoms with Gasteiger partial charge in [0.25, 0.3) is 5.91 Å². The standard InChI is InChI=1S/C12H16N2O2/c1-4-8(2)14-12(15)9-5-10(13)7-11(6-9)16-3/h4-8H,1,13H2,2-3H3,(H,14,15). The van der Waals surface area contributed by atoms with E-state index in [1.807, 2.05) is 6.92 Å². The molecule has 0 heterocycles. The fourth-order valence-corrected chi connectivity index (χ4v) is 1.22. The minimum absolute atomic E-state index is 0.0834. The lowest BCUT2D eigenvalue weighted by Crippen LogP contribution is -2.30. The van der Waals surface area contributed by atoms with Crippen molar-refractivity contribution in [1.82, 2.24) is 5.32 Å². The van der Waals surface area contributed by atoms with E-state index in [1.165, 1.54) is 7.11 Å². The van der Waals surface area contributed by atoms with Gasteiger partial charge in [-0.25, -0.2) is 0 Å². The van der Waals surface area contributed by atoms with E-state index in [0.717, 1.165) is 0 Å². The summed E-state index contributed by atoms with van der Waals surface area (Å²) in [5.41, 5.74) is 6.63. The second-order valence-corrected chi connectivity index (χ2v) is 3.49. The summed E-state index contributed by atoms with van der Waals surface area (Å²) in [4.78, 5) is 11.8. The largest absolute Gasteiger partial charge is 0.497 e. The molecule has 4 nitrogen and oxygen atoms in total. The Labute approximate surface area is 95.1 Å². The first-order chi connectivity index (χ1) is 7.56. The zero-order valence-electron chi connectivity index (χ0n) is 9.49. The molecule has 3 N–H and O–H groups in total. The molecular formula is C12H16N2O2. The minimum atomic E-state index is -0.196. The van der Waals surface area contributed by atoms with Crippen LogP contribution in [0.1, 0.15) is 17.3 Å². The maximum Gasteiger partial charge on any atom is 0.251 e. The van der Waals surface area contributed by atoms with E-state index < -0.39 is 0 Å². The number of nitrogen functional groups attached to an aromatic ring is 1. The number of rotatable bonds is 4. The van der Waals surface area contributed by atoms with Gasteiger partial charge >= 0.3 is 0 Å². The van der Waals surface area contributed by atoms with E-state index >= 15 is 0 Å². The van der Waals surface area contributed by atoms with Gasteiger partial charge < -0.3 is 15.8 Å². The van der Waals surface area contributed by atoms with Crippen LogP contribution in [0.4, 0.5) is 5.69 Å². The molecule has 1 rings (SSSR count). The molecule has 0 fully saturated rings. The molecule has 1 aromatic rings. The van der Waals surface area contributed by atoms with Gasteiger partial charge in [-0.2, -0.15) is 0 Å². The third kappa shape index (κ3) is 3.02. The number of carbonyl (C=O) groups is 1. The van der Waals surface area contributed by atoms with Crippen LogP contribution in [0, 0.1) is 0 Å². The zero-order chi connectivity index (χ0) is 12.1. The monoisotopic (exact) mass is 220 g/mol. The number of nitrogens with two attached hydrogens (primary N) is 1. The lowest BCUT2D eigenvalue weighted by atomic mass is 10.1. The van der Waals surface area contributed by atoms with Gasteiger partial charge in [-0.15, -0.1) is 6.58 Å². The molecule has 0 saturated heterocycles. The van der Waals surface area contributed by atoms with E-state index in [-0.39, 0.29) is 11.9 Å². The lowest BCUT2D eigenvalue weighted by molar-refractivity contribution is 0.0946. The highest BCUT2D eigenvalue weighted by Crippen LogP contribution is 2.18. The summed E-state index contributed by atoms with van der Waals surface area (Å²) in [5, 5.41) is 2.76. The van der Waals surface area contributed by atoms with Crippen molar-refractivity contribution in [3.8, 4) is 5.75 Å². The highest BCUT2D eigenvalue weighted by molar-refractivity contribution is 5.95. The van der Waals surface area contributed by atoms with Crippen LogP contribution in [-0.2, 0) is 0 Å². The van der Waals surface area contributed by atoms with Crippen molar-refractivity contribution in [2.24, 2.45) is 0 Å². The van der Waals surface area contributed by atoms with Crippen LogP contribution in [0.15, 0.2) is 30.9 Å². The molecule has 0 aliphatic heterocycles. The first-order valence-electron chi connectivity index (χ1n) is 4.94. The molecule has 1 unspecified atom stereocenters. The van der Waals surface area contributed by atoms with Crippen LogP contribution in [0.5, 0.6) is 5.75 Å². The summed E-state index contributed by atoms with van der Waals surface area (Å²) in [7, 11) is 1.53. The molecular weight excluding hydrogens is 204 g/mol. The maximum atomic E-state index is 11.8. The molecule has 0 radical (unpaired) electrons. The number of nitrogens with one attached hydrogen (secondary N) is 1. The Morgan fingerprint density at radius 2 is 2.25 bits per heavy atom. The predicted molar refractivity (Wildman–Crippen MR) is 64.5 cm³/mol. The fraction of sp³-hybridized carbons (Fsp3) is 0.250. The van der Waals surface area contributed by atoms with Gasteiger partial charge in [0, 0.05) is 23.4 Å². The van der Waals surface area contributed by atoms with Crippen molar-refractivity contribution in [3.63, 3.8) is 0 Å². The van der Waals surface area contributed by atoms with Crippen molar-refractivity contribution in [1.29, 1.82) is 0 Å². The number of carbonyl (C=O) groups excluding carboxylic acids is 1. The van der Waals surface area contributed by atoms with Crippen molar-refractivity contribution in [3.05, 3.63) is 36.4 Å². The van der Waals surface area contributed by atoms with Crippen LogP contribution < -0.4 is 15.8 Å². The molecule has 4 heteroatoms. The number of ether oxygens (including phenoxy) is 1. The third-order valence-electron chi connectivity index (χ3n) is 2.14. The quantitative estimate of drug-likeness (QED) is 0.598. The Kier molecular flexibility index (Phi) is 3.94. The Morgan fingerprint density at radius 3 is 2.81 bits per heavy atom. The van der Waals surface area contributed by atoms with Crippen molar-refractivity contribution >= 4 is 11.6 Å². The van der Waals surface area contributed by atoms with Gasteiger partial charge in [0.05, 0.1) is 7.11 Å². The normalized spacial score (nSPS) is 11.6. The second kappa shape index (κ2) is 5.21. The zero-order valence-corrected chi connectivity index (χ0v) is 9.49. The predicted octanol–water partition coefficient (Wildman–Crippen LogP) is 1.58. The van der Waals surface area contributed by atoms with E-state index in [1.54, 1.807) is 24.3 Å².